The Kier molecular flexibility index (Phi) is 12.3. The Hall–Kier alpha value is -4.80. The number of nitrogens with zero attached hydrogens (tertiary/aromatic N) is 10. The molecule has 0 radical (unpaired) electrons. The van der Waals surface area contributed by atoms with Gasteiger partial charge in [-0.1, -0.05) is 24.5 Å². The molecule has 4 aromatic heterocycles. The summed E-state index contributed by atoms with van der Waals surface area (Å²) in [7, 11) is 1.42. The molecular formula is C31H36N12O15P2S2. The Labute approximate surface area is 358 Å². The molecule has 62 heavy (non-hydrogen) atoms. The SMILES string of the molecule is CN(CCOC(=O)O[C@@H]1[C@@H]2O[P@](=O)(S)OC[C@H]3O[C@@H](n4cnc5c(N)ncnc54)[C@H](O[P@](=O)(S)OCC2O[C@H]1n1cnc2c(N)ncnc21)[C@@H]3O)C(=O)CCN1C(=O)C=CC1=O. The van der Waals surface area contributed by atoms with Gasteiger partial charge in [-0.2, -0.15) is 0 Å². The second-order valence-electron chi connectivity index (χ2n) is 13.9. The number of rotatable bonds is 9. The van der Waals surface area contributed by atoms with Crippen molar-refractivity contribution in [3.05, 3.63) is 37.5 Å². The van der Waals surface area contributed by atoms with Crippen LogP contribution in [-0.2, 0) is 60.6 Å². The summed E-state index contributed by atoms with van der Waals surface area (Å²) in [5.74, 6) is -1.49. The number of nitrogen functional groups attached to an aromatic ring is 2. The minimum absolute atomic E-state index is 0.00176. The van der Waals surface area contributed by atoms with Gasteiger partial charge in [0, 0.05) is 32.2 Å². The van der Waals surface area contributed by atoms with E-state index in [1.54, 1.807) is 0 Å². The highest BCUT2D eigenvalue weighted by Crippen LogP contribution is 2.60. The standard InChI is InChI=1S/C31H36N12O15P2S2/c1-40(16(44)4-5-41-17(45)2-3-18(41)46)6-7-51-31(48)56-24-22-15(55-30(24)43-13-39-20-26(33)35-11-37-28(20)43)9-53-60(50,62)58-23-21(47)14(8-52-59(49,61)57-22)54-29(23)42-12-38-19-25(32)34-10-36-27(19)42/h2-3,10-15,21-24,29-30,47H,4-9H2,1H3,(H,49,61)(H,50,62)(H2,32,34,36)(H2,33,35,37)/t14-,15?,21-,22-,23-,24-,29-,30-,59-,60-/m1/s1. The Morgan fingerprint density at radius 2 is 1.40 bits per heavy atom. The number of nitrogens with two attached hydrogens (primary N) is 2. The van der Waals surface area contributed by atoms with E-state index >= 15 is 0 Å². The lowest BCUT2D eigenvalue weighted by Crippen LogP contribution is -2.39. The van der Waals surface area contributed by atoms with Crippen molar-refractivity contribution < 1.29 is 70.5 Å². The maximum absolute atomic E-state index is 14.0. The highest BCUT2D eigenvalue weighted by Gasteiger charge is 2.55. The quantitative estimate of drug-likeness (QED) is 0.0646. The number of carbonyl (C=O) groups is 4. The summed E-state index contributed by atoms with van der Waals surface area (Å²) in [5, 5.41) is 11.4. The number of aliphatic hydroxyl groups is 1. The molecule has 4 aromatic rings. The van der Waals surface area contributed by atoms with Gasteiger partial charge < -0.3 is 40.4 Å². The van der Waals surface area contributed by atoms with Gasteiger partial charge in [0.1, 0.15) is 60.8 Å². The molecular weight excluding hydrogens is 906 g/mol. The molecule has 3 amide bonds. The first kappa shape index (κ1) is 43.8. The predicted molar refractivity (Wildman–Crippen MR) is 212 cm³/mol. The number of thiol groups is 2. The number of aliphatic hydroxyl groups excluding tert-OH is 1. The zero-order valence-electron chi connectivity index (χ0n) is 31.9. The van der Waals surface area contributed by atoms with Crippen molar-refractivity contribution in [2.24, 2.45) is 0 Å². The van der Waals surface area contributed by atoms with E-state index in [0.717, 1.165) is 23.4 Å². The van der Waals surface area contributed by atoms with Gasteiger partial charge in [0.2, 0.25) is 5.91 Å². The third-order valence-corrected chi connectivity index (χ3v) is 13.2. The van der Waals surface area contributed by atoms with Crippen LogP contribution in [0.2, 0.25) is 0 Å². The van der Waals surface area contributed by atoms with Crippen molar-refractivity contribution in [3.63, 3.8) is 0 Å². The van der Waals surface area contributed by atoms with Gasteiger partial charge in [-0.25, -0.2) is 43.8 Å². The van der Waals surface area contributed by atoms with Gasteiger partial charge >= 0.3 is 19.8 Å². The Morgan fingerprint density at radius 1 is 0.855 bits per heavy atom. The second-order valence-corrected chi connectivity index (χ2v) is 19.6. The fourth-order valence-corrected chi connectivity index (χ4v) is 9.86. The lowest BCUT2D eigenvalue weighted by molar-refractivity contribution is -0.138. The number of aromatic nitrogens is 8. The molecule has 332 valence electrons. The van der Waals surface area contributed by atoms with Crippen molar-refractivity contribution in [2.45, 2.75) is 55.5 Å². The first-order valence-electron chi connectivity index (χ1n) is 18.3. The summed E-state index contributed by atoms with van der Waals surface area (Å²) in [4.78, 5) is 76.6. The van der Waals surface area contributed by atoms with Crippen LogP contribution in [0.25, 0.3) is 22.3 Å². The molecule has 3 fully saturated rings. The maximum atomic E-state index is 14.0. The van der Waals surface area contributed by atoms with E-state index in [1.807, 2.05) is 0 Å². The van der Waals surface area contributed by atoms with E-state index in [4.69, 9.17) is 48.5 Å². The van der Waals surface area contributed by atoms with E-state index in [0.29, 0.717) is 0 Å². The molecule has 8 heterocycles. The van der Waals surface area contributed by atoms with Crippen molar-refractivity contribution >= 4 is 95.9 Å². The average molecular weight is 943 g/mol. The van der Waals surface area contributed by atoms with Crippen LogP contribution in [0.5, 0.6) is 0 Å². The molecule has 0 saturated carbocycles. The summed E-state index contributed by atoms with van der Waals surface area (Å²) >= 11 is 8.34. The molecule has 4 aliphatic rings. The van der Waals surface area contributed by atoms with Crippen LogP contribution in [-0.4, -0.2) is 154 Å². The van der Waals surface area contributed by atoms with Crippen molar-refractivity contribution in [2.75, 3.05) is 51.4 Å². The summed E-state index contributed by atoms with van der Waals surface area (Å²) in [5.41, 5.74) is 12.6. The lowest BCUT2D eigenvalue weighted by Gasteiger charge is -2.27. The number of fused-ring (bicyclic) bond motifs is 5. The third-order valence-electron chi connectivity index (χ3n) is 9.99. The van der Waals surface area contributed by atoms with E-state index in [-0.39, 0.29) is 53.5 Å². The smallest absolute Gasteiger partial charge is 0.432 e. The summed E-state index contributed by atoms with van der Waals surface area (Å²) in [6.45, 7) is -11.1. The van der Waals surface area contributed by atoms with Crippen LogP contribution in [0, 0.1) is 0 Å². The number of hydrogen-bond acceptors (Lipinski definition) is 23. The number of carbonyl (C=O) groups excluding carboxylic acids is 4. The average Bonchev–Trinajstić information content (AvgIpc) is 4.04. The molecule has 4 aliphatic heterocycles. The number of imidazole rings is 2. The molecule has 31 heteroatoms. The zero-order valence-corrected chi connectivity index (χ0v) is 35.5. The van der Waals surface area contributed by atoms with Gasteiger partial charge in [-0.05, 0) is 0 Å². The minimum atomic E-state index is -4.56. The zero-order chi connectivity index (χ0) is 44.1. The van der Waals surface area contributed by atoms with Crippen molar-refractivity contribution in [3.8, 4) is 0 Å². The second kappa shape index (κ2) is 17.4. The van der Waals surface area contributed by atoms with E-state index in [2.05, 4.69) is 54.4 Å². The summed E-state index contributed by atoms with van der Waals surface area (Å²) in [6.07, 6.45) is -6.26. The molecule has 27 nitrogen and oxygen atoms in total. The van der Waals surface area contributed by atoms with Gasteiger partial charge in [0.15, 0.2) is 41.5 Å². The van der Waals surface area contributed by atoms with E-state index in [9.17, 15) is 33.4 Å². The van der Waals surface area contributed by atoms with E-state index < -0.39 is 106 Å². The molecule has 0 spiro atoms. The number of imide groups is 1. The fraction of sp³-hybridized carbons (Fsp3) is 0.484. The maximum Gasteiger partial charge on any atom is 0.508 e. The van der Waals surface area contributed by atoms with Crippen LogP contribution in [0.15, 0.2) is 37.5 Å². The molecule has 1 unspecified atom stereocenters. The first-order chi connectivity index (χ1) is 29.5. The Balaban J connectivity index is 1.02. The number of hydrogen-bond donors (Lipinski definition) is 5. The van der Waals surface area contributed by atoms with Crippen LogP contribution in [0.3, 0.4) is 0 Å². The van der Waals surface area contributed by atoms with Gasteiger partial charge in [0.05, 0.1) is 32.4 Å². The molecule has 0 aromatic carbocycles. The molecule has 8 rings (SSSR count). The number of likely N-dealkylation sites (N-methyl/N-ethyl adjacent to an activating group) is 1. The summed E-state index contributed by atoms with van der Waals surface area (Å²) < 4.78 is 77.0. The van der Waals surface area contributed by atoms with Crippen LogP contribution >= 0.6 is 38.1 Å². The van der Waals surface area contributed by atoms with Gasteiger partial charge in [0.25, 0.3) is 11.8 Å². The topological polar surface area (TPSA) is 342 Å². The van der Waals surface area contributed by atoms with Crippen LogP contribution in [0.4, 0.5) is 16.4 Å². The number of anilines is 2. The molecule has 5 N–H and O–H groups in total. The number of amides is 3. The molecule has 3 saturated heterocycles. The number of ether oxygens (including phenoxy) is 4. The minimum Gasteiger partial charge on any atom is -0.432 e. The largest absolute Gasteiger partial charge is 0.508 e. The summed E-state index contributed by atoms with van der Waals surface area (Å²) in [6, 6.07) is 0. The molecule has 10 atom stereocenters. The lowest BCUT2D eigenvalue weighted by atomic mass is 10.1. The van der Waals surface area contributed by atoms with Gasteiger partial charge in [-0.3, -0.25) is 46.5 Å². The molecule has 2 bridgehead atoms. The van der Waals surface area contributed by atoms with Crippen LogP contribution in [0.1, 0.15) is 18.9 Å². The fourth-order valence-electron chi connectivity index (χ4n) is 6.91. The van der Waals surface area contributed by atoms with Crippen molar-refractivity contribution in [1.29, 1.82) is 0 Å². The Morgan fingerprint density at radius 3 is 2.02 bits per heavy atom. The predicted octanol–water partition coefficient (Wildman–Crippen LogP) is 0.175. The van der Waals surface area contributed by atoms with Crippen molar-refractivity contribution in [1.82, 2.24) is 48.8 Å². The van der Waals surface area contributed by atoms with Crippen LogP contribution < -0.4 is 11.5 Å². The first-order valence-corrected chi connectivity index (χ1v) is 23.7. The third kappa shape index (κ3) is 8.87. The highest BCUT2D eigenvalue weighted by molar-refractivity contribution is 8.44. The highest BCUT2D eigenvalue weighted by atomic mass is 32.7. The molecule has 0 aliphatic carbocycles. The monoisotopic (exact) mass is 942 g/mol. The normalized spacial score (nSPS) is 31.5. The van der Waals surface area contributed by atoms with E-state index in [1.165, 1.54) is 40.1 Å². The van der Waals surface area contributed by atoms with Gasteiger partial charge in [-0.15, -0.1) is 0 Å². The Bertz CT molecular complexity index is 2530.